The smallest absolute Gasteiger partial charge is 0.328 e. The van der Waals surface area contributed by atoms with Gasteiger partial charge < -0.3 is 21.5 Å². The molecule has 26 heavy (non-hydrogen) atoms. The summed E-state index contributed by atoms with van der Waals surface area (Å²) in [6.07, 6.45) is 7.85. The summed E-state index contributed by atoms with van der Waals surface area (Å²) in [5, 5.41) is 14.5. The van der Waals surface area contributed by atoms with Crippen molar-refractivity contribution in [1.82, 2.24) is 10.6 Å². The second-order valence-electron chi connectivity index (χ2n) is 6.95. The van der Waals surface area contributed by atoms with E-state index in [-0.39, 0.29) is 30.8 Å². The first-order valence-corrected chi connectivity index (χ1v) is 9.83. The number of carbonyl (C=O) groups excluding carboxylic acids is 2. The van der Waals surface area contributed by atoms with Crippen LogP contribution in [-0.4, -0.2) is 47.9 Å². The zero-order chi connectivity index (χ0) is 19.9. The Morgan fingerprint density at radius 2 is 1.54 bits per heavy atom. The number of carboxylic acids is 1. The maximum Gasteiger partial charge on any atom is 0.328 e. The van der Waals surface area contributed by atoms with E-state index in [2.05, 4.69) is 24.5 Å². The van der Waals surface area contributed by atoms with Crippen LogP contribution >= 0.6 is 0 Å². The molecule has 0 aliphatic heterocycles. The van der Waals surface area contributed by atoms with Crippen LogP contribution in [-0.2, 0) is 14.4 Å². The van der Waals surface area contributed by atoms with Gasteiger partial charge in [0.15, 0.2) is 11.8 Å². The summed E-state index contributed by atoms with van der Waals surface area (Å²) in [4.78, 5) is 35.6. The molecule has 0 saturated carbocycles. The van der Waals surface area contributed by atoms with Crippen molar-refractivity contribution >= 4 is 17.7 Å². The lowest BCUT2D eigenvalue weighted by Crippen LogP contribution is -2.46. The van der Waals surface area contributed by atoms with E-state index in [9.17, 15) is 14.4 Å². The van der Waals surface area contributed by atoms with E-state index in [1.807, 2.05) is 0 Å². The van der Waals surface area contributed by atoms with Gasteiger partial charge in [0, 0.05) is 24.9 Å². The standard InChI is InChI=1S/C19H37N3O4/c1-4-6-8-10-14(20)12-17(24)22-15(11-9-7-5-2)13-16(23)18(21-3)19(25)26/h14-15,18,21H,4-13,20H2,1-3H3,(H,22,24)(H,25,26)/t14-,15-,18-/m0/s1. The Morgan fingerprint density at radius 3 is 2.04 bits per heavy atom. The monoisotopic (exact) mass is 371 g/mol. The van der Waals surface area contributed by atoms with E-state index in [0.29, 0.717) is 6.42 Å². The number of amides is 1. The SMILES string of the molecule is CCCCC[C@H](N)CC(=O)N[C@@H](CCCCC)CC(=O)[C@H](NC)C(=O)O. The number of ketones is 1. The summed E-state index contributed by atoms with van der Waals surface area (Å²) < 4.78 is 0. The van der Waals surface area contributed by atoms with Gasteiger partial charge in [-0.3, -0.25) is 14.4 Å². The van der Waals surface area contributed by atoms with Crippen molar-refractivity contribution < 1.29 is 19.5 Å². The Morgan fingerprint density at radius 1 is 0.962 bits per heavy atom. The van der Waals surface area contributed by atoms with Gasteiger partial charge in [0.1, 0.15) is 0 Å². The van der Waals surface area contributed by atoms with Gasteiger partial charge in [0.05, 0.1) is 0 Å². The van der Waals surface area contributed by atoms with Crippen molar-refractivity contribution in [2.75, 3.05) is 7.05 Å². The van der Waals surface area contributed by atoms with Crippen LogP contribution in [0, 0.1) is 0 Å². The summed E-state index contributed by atoms with van der Waals surface area (Å²) in [6, 6.07) is -1.77. The quantitative estimate of drug-likeness (QED) is 0.243. The summed E-state index contributed by atoms with van der Waals surface area (Å²) in [6.45, 7) is 4.20. The van der Waals surface area contributed by atoms with Crippen LogP contribution in [0.25, 0.3) is 0 Å². The molecule has 0 aromatic rings. The minimum absolute atomic E-state index is 0.0122. The number of rotatable bonds is 16. The third-order valence-corrected chi connectivity index (χ3v) is 4.45. The minimum atomic E-state index is -1.24. The van der Waals surface area contributed by atoms with Gasteiger partial charge in [0.25, 0.3) is 0 Å². The Hall–Kier alpha value is -1.47. The number of hydrogen-bond acceptors (Lipinski definition) is 5. The van der Waals surface area contributed by atoms with Crippen LogP contribution in [0.1, 0.15) is 78.1 Å². The zero-order valence-electron chi connectivity index (χ0n) is 16.6. The number of nitrogens with one attached hydrogen (secondary N) is 2. The number of Topliss-reactive ketones (excluding diaryl/α,β-unsaturated/α-hetero) is 1. The van der Waals surface area contributed by atoms with Gasteiger partial charge in [-0.1, -0.05) is 52.4 Å². The van der Waals surface area contributed by atoms with Crippen LogP contribution in [0.2, 0.25) is 0 Å². The second kappa shape index (κ2) is 14.7. The maximum atomic E-state index is 12.2. The molecule has 0 saturated heterocycles. The van der Waals surface area contributed by atoms with Gasteiger partial charge >= 0.3 is 5.97 Å². The molecule has 0 aliphatic rings. The fraction of sp³-hybridized carbons (Fsp3) is 0.842. The molecule has 0 heterocycles. The zero-order valence-corrected chi connectivity index (χ0v) is 16.6. The van der Waals surface area contributed by atoms with Crippen LogP contribution < -0.4 is 16.4 Å². The predicted octanol–water partition coefficient (Wildman–Crippen LogP) is 1.98. The number of carbonyl (C=O) groups is 3. The topological polar surface area (TPSA) is 122 Å². The minimum Gasteiger partial charge on any atom is -0.480 e. The fourth-order valence-electron chi connectivity index (χ4n) is 2.93. The second-order valence-corrected chi connectivity index (χ2v) is 6.95. The first kappa shape index (κ1) is 24.5. The lowest BCUT2D eigenvalue weighted by Gasteiger charge is -2.21. The lowest BCUT2D eigenvalue weighted by molar-refractivity contribution is -0.143. The van der Waals surface area contributed by atoms with Crippen molar-refractivity contribution in [3.8, 4) is 0 Å². The molecule has 5 N–H and O–H groups in total. The van der Waals surface area contributed by atoms with Crippen LogP contribution in [0.3, 0.4) is 0 Å². The highest BCUT2D eigenvalue weighted by atomic mass is 16.4. The molecular formula is C19H37N3O4. The molecule has 0 aliphatic carbocycles. The number of unbranched alkanes of at least 4 members (excludes halogenated alkanes) is 4. The van der Waals surface area contributed by atoms with Crippen molar-refractivity contribution in [2.45, 2.75) is 96.2 Å². The number of hydrogen-bond donors (Lipinski definition) is 4. The van der Waals surface area contributed by atoms with E-state index < -0.39 is 17.8 Å². The van der Waals surface area contributed by atoms with Gasteiger partial charge in [-0.15, -0.1) is 0 Å². The lowest BCUT2D eigenvalue weighted by atomic mass is 9.98. The van der Waals surface area contributed by atoms with Crippen LogP contribution in [0.4, 0.5) is 0 Å². The van der Waals surface area contributed by atoms with Crippen molar-refractivity contribution in [2.24, 2.45) is 5.73 Å². The van der Waals surface area contributed by atoms with Crippen LogP contribution in [0.5, 0.6) is 0 Å². The number of aliphatic carboxylic acids is 1. The van der Waals surface area contributed by atoms with Crippen molar-refractivity contribution in [3.63, 3.8) is 0 Å². The highest BCUT2D eigenvalue weighted by molar-refractivity contribution is 6.02. The van der Waals surface area contributed by atoms with E-state index in [4.69, 9.17) is 10.8 Å². The van der Waals surface area contributed by atoms with Crippen molar-refractivity contribution in [1.29, 1.82) is 0 Å². The van der Waals surface area contributed by atoms with E-state index in [0.717, 1.165) is 44.9 Å². The molecule has 0 unspecified atom stereocenters. The first-order valence-electron chi connectivity index (χ1n) is 9.83. The Kier molecular flexibility index (Phi) is 13.8. The molecule has 0 aromatic heterocycles. The average molecular weight is 372 g/mol. The molecule has 0 spiro atoms. The van der Waals surface area contributed by atoms with E-state index in [1.54, 1.807) is 0 Å². The first-order chi connectivity index (χ1) is 12.3. The Balaban J connectivity index is 4.63. The van der Waals surface area contributed by atoms with Gasteiger partial charge in [-0.25, -0.2) is 0 Å². The fourth-order valence-corrected chi connectivity index (χ4v) is 2.93. The summed E-state index contributed by atoms with van der Waals surface area (Å²) >= 11 is 0. The third kappa shape index (κ3) is 11.2. The molecule has 1 amide bonds. The number of likely N-dealkylation sites (N-methyl/N-ethyl adjacent to an activating group) is 1. The van der Waals surface area contributed by atoms with Gasteiger partial charge in [0.2, 0.25) is 5.91 Å². The molecular weight excluding hydrogens is 334 g/mol. The largest absolute Gasteiger partial charge is 0.480 e. The average Bonchev–Trinajstić information content (AvgIpc) is 2.55. The molecule has 152 valence electrons. The molecule has 0 aromatic carbocycles. The molecule has 7 heteroatoms. The predicted molar refractivity (Wildman–Crippen MR) is 103 cm³/mol. The van der Waals surface area contributed by atoms with Crippen molar-refractivity contribution in [3.05, 3.63) is 0 Å². The summed E-state index contributed by atoms with van der Waals surface area (Å²) in [5.41, 5.74) is 6.01. The Labute approximate surface area is 157 Å². The molecule has 0 fully saturated rings. The third-order valence-electron chi connectivity index (χ3n) is 4.45. The highest BCUT2D eigenvalue weighted by Gasteiger charge is 2.27. The van der Waals surface area contributed by atoms with Gasteiger partial charge in [-0.2, -0.15) is 0 Å². The molecule has 0 radical (unpaired) electrons. The highest BCUT2D eigenvalue weighted by Crippen LogP contribution is 2.10. The maximum absolute atomic E-state index is 12.2. The van der Waals surface area contributed by atoms with Crippen LogP contribution in [0.15, 0.2) is 0 Å². The number of nitrogens with two attached hydrogens (primary N) is 1. The molecule has 3 atom stereocenters. The molecule has 0 bridgehead atoms. The molecule has 7 nitrogen and oxygen atoms in total. The van der Waals surface area contributed by atoms with Gasteiger partial charge in [-0.05, 0) is 19.9 Å². The number of carboxylic acid groups (broad SMARTS) is 1. The Bertz CT molecular complexity index is 429. The summed E-state index contributed by atoms with van der Waals surface area (Å²) in [5.74, 6) is -1.79. The van der Waals surface area contributed by atoms with E-state index in [1.165, 1.54) is 7.05 Å². The normalized spacial score (nSPS) is 14.5. The summed E-state index contributed by atoms with van der Waals surface area (Å²) in [7, 11) is 1.44. The van der Waals surface area contributed by atoms with E-state index >= 15 is 0 Å². The molecule has 0 rings (SSSR count).